The summed E-state index contributed by atoms with van der Waals surface area (Å²) in [5.41, 5.74) is 1.22. The molecule has 1 aliphatic heterocycles. The van der Waals surface area contributed by atoms with E-state index in [1.165, 1.54) is 16.3 Å². The number of methoxy groups -OCH3 is 1. The lowest BCUT2D eigenvalue weighted by atomic mass is 10.1. The number of nitrogens with zero attached hydrogens (tertiary/aromatic N) is 1. The Bertz CT molecular complexity index is 709. The zero-order valence-corrected chi connectivity index (χ0v) is 14.3. The average molecular weight is 327 g/mol. The Morgan fingerprint density at radius 2 is 2.04 bits per heavy atom. The second-order valence-electron chi connectivity index (χ2n) is 5.99. The first-order valence-electron chi connectivity index (χ1n) is 8.41. The van der Waals surface area contributed by atoms with Crippen molar-refractivity contribution in [1.29, 1.82) is 0 Å². The van der Waals surface area contributed by atoms with Crippen LogP contribution in [0.15, 0.2) is 41.4 Å². The summed E-state index contributed by atoms with van der Waals surface area (Å²) in [6.45, 7) is 2.41. The smallest absolute Gasteiger partial charge is 0.191 e. The van der Waals surface area contributed by atoms with Crippen LogP contribution >= 0.6 is 0 Å². The number of rotatable bonds is 5. The molecular formula is C19H25N3O2. The fraction of sp³-hybridized carbons (Fsp3) is 0.421. The number of guanidine groups is 1. The van der Waals surface area contributed by atoms with E-state index < -0.39 is 0 Å². The molecule has 0 spiro atoms. The molecule has 1 fully saturated rings. The van der Waals surface area contributed by atoms with Crippen molar-refractivity contribution in [2.75, 3.05) is 27.3 Å². The SMILES string of the molecule is CN=C(NCc1ccc2cc(OC)ccc2c1)NCC1CCCO1. The Hall–Kier alpha value is -2.27. The van der Waals surface area contributed by atoms with E-state index >= 15 is 0 Å². The second kappa shape index (κ2) is 8.02. The highest BCUT2D eigenvalue weighted by atomic mass is 16.5. The third kappa shape index (κ3) is 4.17. The minimum absolute atomic E-state index is 0.305. The van der Waals surface area contributed by atoms with E-state index in [-0.39, 0.29) is 0 Å². The number of fused-ring (bicyclic) bond motifs is 1. The van der Waals surface area contributed by atoms with Gasteiger partial charge in [-0.2, -0.15) is 0 Å². The lowest BCUT2D eigenvalue weighted by molar-refractivity contribution is 0.114. The van der Waals surface area contributed by atoms with Crippen molar-refractivity contribution in [3.05, 3.63) is 42.0 Å². The van der Waals surface area contributed by atoms with Gasteiger partial charge in [0.1, 0.15) is 5.75 Å². The van der Waals surface area contributed by atoms with Crippen molar-refractivity contribution >= 4 is 16.7 Å². The summed E-state index contributed by atoms with van der Waals surface area (Å²) in [4.78, 5) is 4.27. The molecular weight excluding hydrogens is 302 g/mol. The Morgan fingerprint density at radius 1 is 1.21 bits per heavy atom. The van der Waals surface area contributed by atoms with E-state index in [0.29, 0.717) is 6.10 Å². The van der Waals surface area contributed by atoms with Crippen LogP contribution in [-0.2, 0) is 11.3 Å². The quantitative estimate of drug-likeness (QED) is 0.655. The molecule has 0 bridgehead atoms. The molecule has 3 rings (SSSR count). The first-order valence-corrected chi connectivity index (χ1v) is 8.41. The van der Waals surface area contributed by atoms with Crippen LogP contribution < -0.4 is 15.4 Å². The van der Waals surface area contributed by atoms with Gasteiger partial charge in [0.05, 0.1) is 13.2 Å². The van der Waals surface area contributed by atoms with Gasteiger partial charge in [-0.15, -0.1) is 0 Å². The maximum atomic E-state index is 5.62. The van der Waals surface area contributed by atoms with Gasteiger partial charge in [-0.3, -0.25) is 4.99 Å². The van der Waals surface area contributed by atoms with E-state index in [0.717, 1.165) is 44.2 Å². The predicted molar refractivity (Wildman–Crippen MR) is 97.7 cm³/mol. The van der Waals surface area contributed by atoms with Crippen molar-refractivity contribution in [2.24, 2.45) is 4.99 Å². The highest BCUT2D eigenvalue weighted by molar-refractivity contribution is 5.85. The van der Waals surface area contributed by atoms with E-state index in [4.69, 9.17) is 9.47 Å². The summed E-state index contributed by atoms with van der Waals surface area (Å²) >= 11 is 0. The van der Waals surface area contributed by atoms with E-state index in [1.807, 2.05) is 6.07 Å². The molecule has 0 aromatic heterocycles. The summed E-state index contributed by atoms with van der Waals surface area (Å²) < 4.78 is 10.9. The maximum Gasteiger partial charge on any atom is 0.191 e. The molecule has 24 heavy (non-hydrogen) atoms. The Balaban J connectivity index is 1.57. The Morgan fingerprint density at radius 3 is 2.79 bits per heavy atom. The maximum absolute atomic E-state index is 5.62. The van der Waals surface area contributed by atoms with Crippen LogP contribution in [0.25, 0.3) is 10.8 Å². The number of ether oxygens (including phenoxy) is 2. The molecule has 1 saturated heterocycles. The number of aliphatic imine (C=N–C) groups is 1. The number of hydrogen-bond donors (Lipinski definition) is 2. The molecule has 0 amide bonds. The van der Waals surface area contributed by atoms with Crippen molar-refractivity contribution in [3.63, 3.8) is 0 Å². The van der Waals surface area contributed by atoms with Gasteiger partial charge in [-0.05, 0) is 47.4 Å². The molecule has 5 heteroatoms. The van der Waals surface area contributed by atoms with Crippen LogP contribution in [-0.4, -0.2) is 39.4 Å². The standard InChI is InChI=1S/C19H25N3O2/c1-20-19(22-13-18-4-3-9-24-18)21-12-14-5-6-16-11-17(23-2)8-7-15(16)10-14/h5-8,10-11,18H,3-4,9,12-13H2,1-2H3,(H2,20,21,22). The van der Waals surface area contributed by atoms with Gasteiger partial charge >= 0.3 is 0 Å². The number of nitrogens with one attached hydrogen (secondary N) is 2. The lowest BCUT2D eigenvalue weighted by Gasteiger charge is -2.15. The number of benzene rings is 2. The van der Waals surface area contributed by atoms with E-state index in [9.17, 15) is 0 Å². The average Bonchev–Trinajstić information content (AvgIpc) is 3.14. The molecule has 5 nitrogen and oxygen atoms in total. The highest BCUT2D eigenvalue weighted by Gasteiger charge is 2.15. The third-order valence-electron chi connectivity index (χ3n) is 4.32. The normalized spacial score (nSPS) is 17.9. The molecule has 1 atom stereocenters. The van der Waals surface area contributed by atoms with Crippen LogP contribution in [0.5, 0.6) is 5.75 Å². The fourth-order valence-electron chi connectivity index (χ4n) is 2.93. The molecule has 1 aliphatic rings. The summed E-state index contributed by atoms with van der Waals surface area (Å²) in [5, 5.41) is 9.07. The molecule has 1 unspecified atom stereocenters. The van der Waals surface area contributed by atoms with Crippen molar-refractivity contribution in [2.45, 2.75) is 25.5 Å². The largest absolute Gasteiger partial charge is 0.497 e. The van der Waals surface area contributed by atoms with Crippen molar-refractivity contribution in [3.8, 4) is 5.75 Å². The molecule has 0 radical (unpaired) electrons. The monoisotopic (exact) mass is 327 g/mol. The van der Waals surface area contributed by atoms with Crippen molar-refractivity contribution in [1.82, 2.24) is 10.6 Å². The fourth-order valence-corrected chi connectivity index (χ4v) is 2.93. The summed E-state index contributed by atoms with van der Waals surface area (Å²) in [6.07, 6.45) is 2.58. The summed E-state index contributed by atoms with van der Waals surface area (Å²) in [7, 11) is 3.48. The van der Waals surface area contributed by atoms with Crippen LogP contribution in [0.3, 0.4) is 0 Å². The third-order valence-corrected chi connectivity index (χ3v) is 4.32. The molecule has 2 aromatic rings. The van der Waals surface area contributed by atoms with Gasteiger partial charge in [0.2, 0.25) is 0 Å². The minimum Gasteiger partial charge on any atom is -0.497 e. The molecule has 0 aliphatic carbocycles. The number of hydrogen-bond acceptors (Lipinski definition) is 3. The van der Waals surface area contributed by atoms with Gasteiger partial charge < -0.3 is 20.1 Å². The minimum atomic E-state index is 0.305. The first kappa shape index (κ1) is 16.6. The zero-order valence-electron chi connectivity index (χ0n) is 14.3. The molecule has 1 heterocycles. The molecule has 2 N–H and O–H groups in total. The topological polar surface area (TPSA) is 54.9 Å². The van der Waals surface area contributed by atoms with Gasteiger partial charge in [0.15, 0.2) is 5.96 Å². The van der Waals surface area contributed by atoms with Gasteiger partial charge in [-0.1, -0.05) is 18.2 Å². The summed E-state index contributed by atoms with van der Waals surface area (Å²) in [5.74, 6) is 1.69. The van der Waals surface area contributed by atoms with Gasteiger partial charge in [0.25, 0.3) is 0 Å². The van der Waals surface area contributed by atoms with E-state index in [2.05, 4.69) is 46.0 Å². The first-order chi connectivity index (χ1) is 11.8. The molecule has 128 valence electrons. The van der Waals surface area contributed by atoms with Crippen LogP contribution in [0.1, 0.15) is 18.4 Å². The zero-order chi connectivity index (χ0) is 16.8. The van der Waals surface area contributed by atoms with Crippen LogP contribution in [0.2, 0.25) is 0 Å². The lowest BCUT2D eigenvalue weighted by Crippen LogP contribution is -2.40. The Labute approximate surface area is 143 Å². The highest BCUT2D eigenvalue weighted by Crippen LogP contribution is 2.21. The van der Waals surface area contributed by atoms with Gasteiger partial charge in [0, 0.05) is 26.7 Å². The van der Waals surface area contributed by atoms with Gasteiger partial charge in [-0.25, -0.2) is 0 Å². The summed E-state index contributed by atoms with van der Waals surface area (Å²) in [6, 6.07) is 12.6. The van der Waals surface area contributed by atoms with Crippen molar-refractivity contribution < 1.29 is 9.47 Å². The van der Waals surface area contributed by atoms with E-state index in [1.54, 1.807) is 14.2 Å². The molecule has 0 saturated carbocycles. The second-order valence-corrected chi connectivity index (χ2v) is 5.99. The molecule has 2 aromatic carbocycles. The Kier molecular flexibility index (Phi) is 5.54. The van der Waals surface area contributed by atoms with Crippen LogP contribution in [0.4, 0.5) is 0 Å². The predicted octanol–water partition coefficient (Wildman–Crippen LogP) is 2.69. The van der Waals surface area contributed by atoms with Crippen LogP contribution in [0, 0.1) is 0 Å².